The van der Waals surface area contributed by atoms with Crippen molar-refractivity contribution in [2.45, 2.75) is 6.92 Å². The quantitative estimate of drug-likeness (QED) is 0.785. The summed E-state index contributed by atoms with van der Waals surface area (Å²) in [5.41, 5.74) is 1.56. The Balaban J connectivity index is 3.12. The van der Waals surface area contributed by atoms with Crippen LogP contribution in [0.2, 0.25) is 0 Å². The topological polar surface area (TPSA) is 66.5 Å². The van der Waals surface area contributed by atoms with E-state index in [0.29, 0.717) is 24.3 Å². The lowest BCUT2D eigenvalue weighted by Gasteiger charge is -2.20. The summed E-state index contributed by atoms with van der Waals surface area (Å²) in [7, 11) is -3.39. The van der Waals surface area contributed by atoms with Gasteiger partial charge in [0.2, 0.25) is 10.0 Å². The van der Waals surface area contributed by atoms with E-state index in [1.165, 1.54) is 6.07 Å². The fourth-order valence-electron chi connectivity index (χ4n) is 1.80. The molecule has 0 fully saturated rings. The molecule has 0 saturated carbocycles. The first-order valence-electron chi connectivity index (χ1n) is 6.38. The summed E-state index contributed by atoms with van der Waals surface area (Å²) in [5, 5.41) is 0. The van der Waals surface area contributed by atoms with Gasteiger partial charge in [0.05, 0.1) is 11.9 Å². The number of rotatable bonds is 7. The number of hydrogen-bond acceptors (Lipinski definition) is 3. The van der Waals surface area contributed by atoms with E-state index in [9.17, 15) is 13.2 Å². The molecule has 0 atom stereocenters. The Labute approximate surface area is 126 Å². The minimum Gasteiger partial charge on any atom is -0.331 e. The summed E-state index contributed by atoms with van der Waals surface area (Å²) in [6, 6.07) is 4.92. The molecule has 0 radical (unpaired) electrons. The largest absolute Gasteiger partial charge is 0.331 e. The molecule has 0 aliphatic rings. The van der Waals surface area contributed by atoms with Crippen LogP contribution in [0.25, 0.3) is 0 Å². The van der Waals surface area contributed by atoms with Gasteiger partial charge in [0.15, 0.2) is 0 Å². The van der Waals surface area contributed by atoms with Gasteiger partial charge in [0.1, 0.15) is 0 Å². The summed E-state index contributed by atoms with van der Waals surface area (Å²) in [6.45, 7) is 9.80. The van der Waals surface area contributed by atoms with Gasteiger partial charge in [-0.2, -0.15) is 0 Å². The molecule has 1 amide bonds. The number of amides is 1. The molecule has 0 unspecified atom stereocenters. The van der Waals surface area contributed by atoms with Crippen LogP contribution < -0.4 is 4.72 Å². The van der Waals surface area contributed by atoms with Gasteiger partial charge in [-0.3, -0.25) is 9.52 Å². The van der Waals surface area contributed by atoms with E-state index in [2.05, 4.69) is 17.9 Å². The van der Waals surface area contributed by atoms with Crippen LogP contribution in [-0.4, -0.2) is 38.6 Å². The van der Waals surface area contributed by atoms with E-state index in [4.69, 9.17) is 0 Å². The van der Waals surface area contributed by atoms with Crippen LogP contribution in [0.15, 0.2) is 43.5 Å². The number of sulfonamides is 1. The third-order valence-electron chi connectivity index (χ3n) is 2.77. The lowest BCUT2D eigenvalue weighted by Crippen LogP contribution is -2.31. The Bertz CT molecular complexity index is 641. The lowest BCUT2D eigenvalue weighted by atomic mass is 10.1. The van der Waals surface area contributed by atoms with Gasteiger partial charge < -0.3 is 4.90 Å². The number of carbonyl (C=O) groups is 1. The Hall–Kier alpha value is -2.08. The van der Waals surface area contributed by atoms with Crippen molar-refractivity contribution < 1.29 is 13.2 Å². The smallest absolute Gasteiger partial charge is 0.254 e. The summed E-state index contributed by atoms with van der Waals surface area (Å²) >= 11 is 0. The Kier molecular flexibility index (Phi) is 5.72. The van der Waals surface area contributed by atoms with Crippen LogP contribution in [0.3, 0.4) is 0 Å². The standard InChI is InChI=1S/C15H20N2O3S/c1-5-9-17(10-6-2)15(18)13-8-7-12(3)14(11-13)16-21(4,19)20/h5-8,11,16H,1-2,9-10H2,3-4H3. The molecule has 21 heavy (non-hydrogen) atoms. The van der Waals surface area contributed by atoms with Crippen LogP contribution in [0.1, 0.15) is 15.9 Å². The maximum atomic E-state index is 12.4. The van der Waals surface area contributed by atoms with Gasteiger partial charge in [0.25, 0.3) is 5.91 Å². The molecule has 0 aliphatic heterocycles. The first-order chi connectivity index (χ1) is 9.78. The van der Waals surface area contributed by atoms with Gasteiger partial charge in [-0.05, 0) is 24.6 Å². The fourth-order valence-corrected chi connectivity index (χ4v) is 2.42. The van der Waals surface area contributed by atoms with Crippen molar-refractivity contribution in [2.24, 2.45) is 0 Å². The van der Waals surface area contributed by atoms with Crippen LogP contribution in [-0.2, 0) is 10.0 Å². The van der Waals surface area contributed by atoms with Crippen molar-refractivity contribution in [3.63, 3.8) is 0 Å². The van der Waals surface area contributed by atoms with E-state index in [0.717, 1.165) is 11.8 Å². The first-order valence-corrected chi connectivity index (χ1v) is 8.27. The summed E-state index contributed by atoms with van der Waals surface area (Å²) in [4.78, 5) is 14.0. The molecule has 0 bridgehead atoms. The van der Waals surface area contributed by atoms with E-state index in [-0.39, 0.29) is 5.91 Å². The Morgan fingerprint density at radius 1 is 1.29 bits per heavy atom. The number of anilines is 1. The van der Waals surface area contributed by atoms with Crippen LogP contribution >= 0.6 is 0 Å². The van der Waals surface area contributed by atoms with Gasteiger partial charge in [-0.25, -0.2) is 8.42 Å². The zero-order chi connectivity index (χ0) is 16.0. The molecule has 1 aromatic carbocycles. The van der Waals surface area contributed by atoms with Crippen molar-refractivity contribution in [1.82, 2.24) is 4.90 Å². The highest BCUT2D eigenvalue weighted by Crippen LogP contribution is 2.19. The van der Waals surface area contributed by atoms with E-state index < -0.39 is 10.0 Å². The third kappa shape index (κ3) is 5.07. The zero-order valence-corrected chi connectivity index (χ0v) is 13.1. The normalized spacial score (nSPS) is 10.8. The molecular weight excluding hydrogens is 288 g/mol. The van der Waals surface area contributed by atoms with Gasteiger partial charge >= 0.3 is 0 Å². The van der Waals surface area contributed by atoms with E-state index >= 15 is 0 Å². The second-order valence-electron chi connectivity index (χ2n) is 4.69. The fraction of sp³-hybridized carbons (Fsp3) is 0.267. The molecule has 5 nitrogen and oxygen atoms in total. The Morgan fingerprint density at radius 3 is 2.33 bits per heavy atom. The monoisotopic (exact) mass is 308 g/mol. The molecule has 0 saturated heterocycles. The number of aryl methyl sites for hydroxylation is 1. The summed E-state index contributed by atoms with van der Waals surface area (Å²) in [5.74, 6) is -0.202. The second-order valence-corrected chi connectivity index (χ2v) is 6.44. The van der Waals surface area contributed by atoms with Crippen LogP contribution in [0, 0.1) is 6.92 Å². The maximum Gasteiger partial charge on any atom is 0.254 e. The Morgan fingerprint density at radius 2 is 1.86 bits per heavy atom. The van der Waals surface area contributed by atoms with Crippen LogP contribution in [0.5, 0.6) is 0 Å². The third-order valence-corrected chi connectivity index (χ3v) is 3.36. The molecule has 1 N–H and O–H groups in total. The number of nitrogens with zero attached hydrogens (tertiary/aromatic N) is 1. The first kappa shape index (κ1) is 17.0. The molecule has 1 aromatic rings. The van der Waals surface area contributed by atoms with Gasteiger partial charge in [-0.1, -0.05) is 18.2 Å². The van der Waals surface area contributed by atoms with Crippen molar-refractivity contribution >= 4 is 21.6 Å². The molecule has 0 spiro atoms. The van der Waals surface area contributed by atoms with Crippen molar-refractivity contribution in [1.29, 1.82) is 0 Å². The summed E-state index contributed by atoms with van der Waals surface area (Å²) < 4.78 is 25.1. The molecular formula is C15H20N2O3S. The minimum absolute atomic E-state index is 0.202. The van der Waals surface area contributed by atoms with Gasteiger partial charge in [0, 0.05) is 18.7 Å². The van der Waals surface area contributed by atoms with Crippen molar-refractivity contribution in [3.8, 4) is 0 Å². The highest BCUT2D eigenvalue weighted by molar-refractivity contribution is 7.92. The maximum absolute atomic E-state index is 12.4. The molecule has 0 aromatic heterocycles. The molecule has 1 rings (SSSR count). The van der Waals surface area contributed by atoms with Crippen molar-refractivity contribution in [3.05, 3.63) is 54.6 Å². The molecule has 0 heterocycles. The molecule has 0 aliphatic carbocycles. The van der Waals surface area contributed by atoms with E-state index in [1.54, 1.807) is 36.1 Å². The van der Waals surface area contributed by atoms with Gasteiger partial charge in [-0.15, -0.1) is 13.2 Å². The summed E-state index contributed by atoms with van der Waals surface area (Å²) in [6.07, 6.45) is 4.33. The van der Waals surface area contributed by atoms with Crippen LogP contribution in [0.4, 0.5) is 5.69 Å². The molecule has 114 valence electrons. The number of nitrogens with one attached hydrogen (secondary N) is 1. The zero-order valence-electron chi connectivity index (χ0n) is 12.3. The SMILES string of the molecule is C=CCN(CC=C)C(=O)c1ccc(C)c(NS(C)(=O)=O)c1. The molecule has 6 heteroatoms. The minimum atomic E-state index is -3.39. The average Bonchev–Trinajstić information content (AvgIpc) is 2.39. The highest BCUT2D eigenvalue weighted by atomic mass is 32.2. The highest BCUT2D eigenvalue weighted by Gasteiger charge is 2.15. The number of hydrogen-bond donors (Lipinski definition) is 1. The van der Waals surface area contributed by atoms with E-state index in [1.807, 2.05) is 0 Å². The predicted octanol–water partition coefficient (Wildman–Crippen LogP) is 2.18. The lowest BCUT2D eigenvalue weighted by molar-refractivity contribution is 0.0791. The van der Waals surface area contributed by atoms with Crippen molar-refractivity contribution in [2.75, 3.05) is 24.1 Å². The number of carbonyl (C=O) groups excluding carboxylic acids is 1. The average molecular weight is 308 g/mol. The predicted molar refractivity (Wildman–Crippen MR) is 85.9 cm³/mol. The number of benzene rings is 1. The second kappa shape index (κ2) is 7.08.